The maximum atomic E-state index is 8.68. The molecule has 2 rings (SSSR count). The molecule has 0 saturated heterocycles. The summed E-state index contributed by atoms with van der Waals surface area (Å²) >= 11 is 3.49. The summed E-state index contributed by atoms with van der Waals surface area (Å²) in [7, 11) is 0. The van der Waals surface area contributed by atoms with Crippen molar-refractivity contribution < 1.29 is 0 Å². The highest BCUT2D eigenvalue weighted by atomic mass is 79.9. The van der Waals surface area contributed by atoms with Gasteiger partial charge in [-0.3, -0.25) is 0 Å². The Morgan fingerprint density at radius 1 is 1.15 bits per heavy atom. The third kappa shape index (κ3) is 3.98. The number of nitriles is 1. The highest BCUT2D eigenvalue weighted by Crippen LogP contribution is 2.26. The molecule has 0 saturated carbocycles. The Labute approximate surface area is 128 Å². The van der Waals surface area contributed by atoms with Gasteiger partial charge in [-0.2, -0.15) is 5.26 Å². The van der Waals surface area contributed by atoms with Gasteiger partial charge in [-0.15, -0.1) is 0 Å². The van der Waals surface area contributed by atoms with Gasteiger partial charge in [0.2, 0.25) is 0 Å². The van der Waals surface area contributed by atoms with E-state index < -0.39 is 0 Å². The Kier molecular flexibility index (Phi) is 4.67. The predicted molar refractivity (Wildman–Crippen MR) is 88.8 cm³/mol. The van der Waals surface area contributed by atoms with E-state index in [-0.39, 0.29) is 5.41 Å². The van der Waals surface area contributed by atoms with Crippen molar-refractivity contribution in [2.24, 2.45) is 5.41 Å². The number of benzene rings is 2. The zero-order valence-corrected chi connectivity index (χ0v) is 13.5. The van der Waals surface area contributed by atoms with Crippen LogP contribution in [-0.2, 0) is 0 Å². The Morgan fingerprint density at radius 2 is 1.85 bits per heavy atom. The molecule has 0 bridgehead atoms. The summed E-state index contributed by atoms with van der Waals surface area (Å²) in [5.74, 6) is 0. The summed E-state index contributed by atoms with van der Waals surface area (Å²) in [6.45, 7) is 5.25. The molecule has 0 aliphatic heterocycles. The van der Waals surface area contributed by atoms with Gasteiger partial charge in [-0.05, 0) is 46.9 Å². The molecule has 104 valence electrons. The van der Waals surface area contributed by atoms with E-state index in [4.69, 9.17) is 5.26 Å². The lowest BCUT2D eigenvalue weighted by Gasteiger charge is -2.24. The van der Waals surface area contributed by atoms with E-state index in [1.54, 1.807) is 0 Å². The van der Waals surface area contributed by atoms with Gasteiger partial charge in [0.1, 0.15) is 0 Å². The maximum Gasteiger partial charge on any atom is 0.0621 e. The SMILES string of the molecule is CC(C)(CCC#N)CNc1ccc2cc(Br)ccc2c1. The average Bonchev–Trinajstić information content (AvgIpc) is 2.43. The molecule has 1 N–H and O–H groups in total. The fraction of sp³-hybridized carbons (Fsp3) is 0.353. The number of rotatable bonds is 5. The largest absolute Gasteiger partial charge is 0.384 e. The molecule has 0 radical (unpaired) electrons. The predicted octanol–water partition coefficient (Wildman–Crippen LogP) is 5.34. The summed E-state index contributed by atoms with van der Waals surface area (Å²) in [5, 5.41) is 14.6. The number of hydrogen-bond acceptors (Lipinski definition) is 2. The molecular formula is C17H19BrN2. The number of nitrogens with zero attached hydrogens (tertiary/aromatic N) is 1. The number of fused-ring (bicyclic) bond motifs is 1. The van der Waals surface area contributed by atoms with E-state index in [0.717, 1.165) is 23.1 Å². The molecule has 0 heterocycles. The summed E-state index contributed by atoms with van der Waals surface area (Å²) in [6.07, 6.45) is 1.53. The minimum atomic E-state index is 0.129. The molecule has 0 aliphatic carbocycles. The Balaban J connectivity index is 2.07. The van der Waals surface area contributed by atoms with Gasteiger partial charge in [-0.1, -0.05) is 41.9 Å². The molecule has 0 spiro atoms. The molecule has 0 aliphatic rings. The molecule has 0 atom stereocenters. The van der Waals surface area contributed by atoms with E-state index >= 15 is 0 Å². The first-order valence-electron chi connectivity index (χ1n) is 6.80. The van der Waals surface area contributed by atoms with Crippen molar-refractivity contribution in [3.05, 3.63) is 40.9 Å². The van der Waals surface area contributed by atoms with Gasteiger partial charge in [0.05, 0.1) is 6.07 Å². The van der Waals surface area contributed by atoms with Crippen LogP contribution >= 0.6 is 15.9 Å². The van der Waals surface area contributed by atoms with Crippen LogP contribution in [0.3, 0.4) is 0 Å². The van der Waals surface area contributed by atoms with Crippen LogP contribution in [-0.4, -0.2) is 6.54 Å². The van der Waals surface area contributed by atoms with E-state index in [2.05, 4.69) is 77.6 Å². The van der Waals surface area contributed by atoms with Gasteiger partial charge < -0.3 is 5.32 Å². The maximum absolute atomic E-state index is 8.68. The molecule has 20 heavy (non-hydrogen) atoms. The Bertz CT molecular complexity index is 641. The van der Waals surface area contributed by atoms with Crippen molar-refractivity contribution in [2.45, 2.75) is 26.7 Å². The van der Waals surface area contributed by atoms with Crippen molar-refractivity contribution in [1.29, 1.82) is 5.26 Å². The number of halogens is 1. The van der Waals surface area contributed by atoms with Gasteiger partial charge in [0.15, 0.2) is 0 Å². The molecule has 2 aromatic rings. The van der Waals surface area contributed by atoms with Gasteiger partial charge >= 0.3 is 0 Å². The van der Waals surface area contributed by atoms with Crippen molar-refractivity contribution in [3.63, 3.8) is 0 Å². The summed E-state index contributed by atoms with van der Waals surface area (Å²) < 4.78 is 1.10. The van der Waals surface area contributed by atoms with Crippen LogP contribution in [0.15, 0.2) is 40.9 Å². The number of nitrogens with one attached hydrogen (secondary N) is 1. The minimum absolute atomic E-state index is 0.129. The van der Waals surface area contributed by atoms with Crippen molar-refractivity contribution >= 4 is 32.4 Å². The van der Waals surface area contributed by atoms with Crippen molar-refractivity contribution in [1.82, 2.24) is 0 Å². The van der Waals surface area contributed by atoms with Crippen molar-refractivity contribution in [3.8, 4) is 6.07 Å². The monoisotopic (exact) mass is 330 g/mol. The lowest BCUT2D eigenvalue weighted by molar-refractivity contribution is 0.364. The van der Waals surface area contributed by atoms with Crippen LogP contribution in [0.25, 0.3) is 10.8 Å². The highest BCUT2D eigenvalue weighted by Gasteiger charge is 2.16. The molecule has 0 unspecified atom stereocenters. The summed E-state index contributed by atoms with van der Waals surface area (Å²) in [6, 6.07) is 14.9. The number of anilines is 1. The minimum Gasteiger partial charge on any atom is -0.384 e. The third-order valence-corrected chi connectivity index (χ3v) is 3.98. The van der Waals surface area contributed by atoms with Crippen LogP contribution in [0, 0.1) is 16.7 Å². The third-order valence-electron chi connectivity index (χ3n) is 3.49. The zero-order valence-electron chi connectivity index (χ0n) is 11.9. The standard InChI is InChI=1S/C17H19BrN2/c1-17(2,8-3-9-19)12-20-16-7-5-13-10-15(18)6-4-14(13)11-16/h4-7,10-11,20H,3,8,12H2,1-2H3. The highest BCUT2D eigenvalue weighted by molar-refractivity contribution is 9.10. The lowest BCUT2D eigenvalue weighted by Crippen LogP contribution is -2.22. The van der Waals surface area contributed by atoms with E-state index in [0.29, 0.717) is 6.42 Å². The van der Waals surface area contributed by atoms with Crippen LogP contribution in [0.2, 0.25) is 0 Å². The second kappa shape index (κ2) is 6.28. The summed E-state index contributed by atoms with van der Waals surface area (Å²) in [4.78, 5) is 0. The average molecular weight is 331 g/mol. The quantitative estimate of drug-likeness (QED) is 0.802. The van der Waals surface area contributed by atoms with Gasteiger partial charge in [0.25, 0.3) is 0 Å². The van der Waals surface area contributed by atoms with Crippen LogP contribution in [0.4, 0.5) is 5.69 Å². The Hall–Kier alpha value is -1.53. The normalized spacial score (nSPS) is 11.3. The fourth-order valence-corrected chi connectivity index (χ4v) is 2.53. The zero-order chi connectivity index (χ0) is 14.6. The smallest absolute Gasteiger partial charge is 0.0621 e. The molecule has 0 fully saturated rings. The fourth-order valence-electron chi connectivity index (χ4n) is 2.15. The van der Waals surface area contributed by atoms with Crippen LogP contribution in [0.5, 0.6) is 0 Å². The first kappa shape index (κ1) is 14.9. The van der Waals surface area contributed by atoms with Crippen LogP contribution < -0.4 is 5.32 Å². The van der Waals surface area contributed by atoms with Crippen LogP contribution in [0.1, 0.15) is 26.7 Å². The van der Waals surface area contributed by atoms with E-state index in [9.17, 15) is 0 Å². The lowest BCUT2D eigenvalue weighted by atomic mass is 9.88. The topological polar surface area (TPSA) is 35.8 Å². The Morgan fingerprint density at radius 3 is 2.60 bits per heavy atom. The van der Waals surface area contributed by atoms with E-state index in [1.165, 1.54) is 10.8 Å². The second-order valence-corrected chi connectivity index (χ2v) is 6.80. The van der Waals surface area contributed by atoms with Crippen molar-refractivity contribution in [2.75, 3.05) is 11.9 Å². The number of hydrogen-bond donors (Lipinski definition) is 1. The molecule has 3 heteroatoms. The first-order valence-corrected chi connectivity index (χ1v) is 7.60. The molecule has 0 amide bonds. The molecule has 0 aromatic heterocycles. The van der Waals surface area contributed by atoms with Gasteiger partial charge in [0, 0.05) is 23.1 Å². The van der Waals surface area contributed by atoms with Gasteiger partial charge in [-0.25, -0.2) is 0 Å². The van der Waals surface area contributed by atoms with E-state index in [1.807, 2.05) is 0 Å². The first-order chi connectivity index (χ1) is 9.50. The molecular weight excluding hydrogens is 312 g/mol. The summed E-state index contributed by atoms with van der Waals surface area (Å²) in [5.41, 5.74) is 1.26. The second-order valence-electron chi connectivity index (χ2n) is 5.88. The molecule has 2 aromatic carbocycles. The molecule has 2 nitrogen and oxygen atoms in total.